The van der Waals surface area contributed by atoms with Crippen LogP contribution in [0.15, 0.2) is 36.9 Å². The number of thioether (sulfide) groups is 1. The molecule has 0 radical (unpaired) electrons. The van der Waals surface area contributed by atoms with E-state index in [1.807, 2.05) is 11.0 Å². The summed E-state index contributed by atoms with van der Waals surface area (Å²) in [6.45, 7) is 9.26. The maximum atomic E-state index is 12.0. The largest absolute Gasteiger partial charge is 0.368 e. The van der Waals surface area contributed by atoms with Crippen LogP contribution in [0, 0.1) is 6.92 Å². The maximum absolute atomic E-state index is 12.0. The second-order valence-corrected chi connectivity index (χ2v) is 6.04. The van der Waals surface area contributed by atoms with Gasteiger partial charge in [0.05, 0.1) is 5.75 Å². The summed E-state index contributed by atoms with van der Waals surface area (Å²) < 4.78 is 0. The average molecular weight is 290 g/mol. The third-order valence-corrected chi connectivity index (χ3v) is 4.38. The Hall–Kier alpha value is -1.42. The van der Waals surface area contributed by atoms with E-state index in [0.717, 1.165) is 31.9 Å². The summed E-state index contributed by atoms with van der Waals surface area (Å²) in [5, 5.41) is 0. The van der Waals surface area contributed by atoms with Crippen molar-refractivity contribution in [2.45, 2.75) is 6.92 Å². The Labute approximate surface area is 125 Å². The first-order valence-electron chi connectivity index (χ1n) is 6.99. The molecular weight excluding hydrogens is 268 g/mol. The molecule has 0 spiro atoms. The van der Waals surface area contributed by atoms with Crippen LogP contribution in [0.1, 0.15) is 5.56 Å². The van der Waals surface area contributed by atoms with Crippen molar-refractivity contribution in [1.29, 1.82) is 0 Å². The van der Waals surface area contributed by atoms with Gasteiger partial charge in [-0.1, -0.05) is 18.2 Å². The van der Waals surface area contributed by atoms with E-state index in [-0.39, 0.29) is 5.91 Å². The molecule has 1 aromatic carbocycles. The van der Waals surface area contributed by atoms with Gasteiger partial charge >= 0.3 is 0 Å². The maximum Gasteiger partial charge on any atom is 0.232 e. The minimum absolute atomic E-state index is 0.251. The highest BCUT2D eigenvalue weighted by Gasteiger charge is 2.20. The van der Waals surface area contributed by atoms with Crippen LogP contribution in [0.3, 0.4) is 0 Å². The lowest BCUT2D eigenvalue weighted by Gasteiger charge is -2.36. The number of anilines is 1. The first-order valence-corrected chi connectivity index (χ1v) is 8.14. The first-order chi connectivity index (χ1) is 9.70. The molecule has 1 aliphatic heterocycles. The fraction of sp³-hybridized carbons (Fsp3) is 0.438. The number of carbonyl (C=O) groups excluding carboxylic acids is 1. The van der Waals surface area contributed by atoms with Crippen molar-refractivity contribution < 1.29 is 4.79 Å². The van der Waals surface area contributed by atoms with Gasteiger partial charge in [0.2, 0.25) is 5.91 Å². The van der Waals surface area contributed by atoms with Crippen LogP contribution in [-0.2, 0) is 4.79 Å². The number of hydrogen-bond donors (Lipinski definition) is 0. The predicted octanol–water partition coefficient (Wildman–Crippen LogP) is 2.56. The Balaban J connectivity index is 1.83. The van der Waals surface area contributed by atoms with E-state index >= 15 is 0 Å². The van der Waals surface area contributed by atoms with Gasteiger partial charge in [0, 0.05) is 37.6 Å². The molecule has 0 bridgehead atoms. The summed E-state index contributed by atoms with van der Waals surface area (Å²) in [5.74, 6) is 1.66. The van der Waals surface area contributed by atoms with E-state index in [1.165, 1.54) is 11.3 Å². The number of carbonyl (C=O) groups is 1. The Bertz CT molecular complexity index is 467. The van der Waals surface area contributed by atoms with Gasteiger partial charge in [-0.05, 0) is 24.6 Å². The molecular formula is C16H22N2OS. The second kappa shape index (κ2) is 7.39. The van der Waals surface area contributed by atoms with Crippen LogP contribution in [0.2, 0.25) is 0 Å². The molecule has 2 rings (SSSR count). The van der Waals surface area contributed by atoms with Crippen molar-refractivity contribution in [2.24, 2.45) is 0 Å². The van der Waals surface area contributed by atoms with Crippen molar-refractivity contribution >= 4 is 23.4 Å². The molecule has 1 fully saturated rings. The topological polar surface area (TPSA) is 23.6 Å². The van der Waals surface area contributed by atoms with Gasteiger partial charge in [0.1, 0.15) is 0 Å². The molecule has 1 heterocycles. The molecule has 0 saturated carbocycles. The Morgan fingerprint density at radius 2 is 2.10 bits per heavy atom. The molecule has 0 N–H and O–H groups in total. The Morgan fingerprint density at radius 3 is 2.75 bits per heavy atom. The molecule has 1 aliphatic rings. The van der Waals surface area contributed by atoms with Crippen molar-refractivity contribution in [2.75, 3.05) is 42.6 Å². The highest BCUT2D eigenvalue weighted by Crippen LogP contribution is 2.18. The highest BCUT2D eigenvalue weighted by atomic mass is 32.2. The molecule has 1 saturated heterocycles. The molecule has 0 aromatic heterocycles. The quantitative estimate of drug-likeness (QED) is 0.615. The third kappa shape index (κ3) is 4.04. The zero-order valence-electron chi connectivity index (χ0n) is 12.0. The molecule has 1 aromatic rings. The minimum Gasteiger partial charge on any atom is -0.368 e. The average Bonchev–Trinajstić information content (AvgIpc) is 2.47. The van der Waals surface area contributed by atoms with Crippen LogP contribution in [-0.4, -0.2) is 48.5 Å². The van der Waals surface area contributed by atoms with Gasteiger partial charge in [-0.25, -0.2) is 0 Å². The van der Waals surface area contributed by atoms with Gasteiger partial charge in [0.15, 0.2) is 0 Å². The van der Waals surface area contributed by atoms with Gasteiger partial charge in [-0.3, -0.25) is 4.79 Å². The molecule has 108 valence electrons. The predicted molar refractivity (Wildman–Crippen MR) is 87.5 cm³/mol. The second-order valence-electron chi connectivity index (χ2n) is 5.01. The van der Waals surface area contributed by atoms with E-state index in [2.05, 4.69) is 42.7 Å². The highest BCUT2D eigenvalue weighted by molar-refractivity contribution is 8.00. The number of hydrogen-bond acceptors (Lipinski definition) is 3. The van der Waals surface area contributed by atoms with E-state index in [0.29, 0.717) is 5.75 Å². The van der Waals surface area contributed by atoms with Crippen LogP contribution >= 0.6 is 11.8 Å². The summed E-state index contributed by atoms with van der Waals surface area (Å²) >= 11 is 1.63. The fourth-order valence-electron chi connectivity index (χ4n) is 2.36. The van der Waals surface area contributed by atoms with E-state index < -0.39 is 0 Å². The molecule has 0 atom stereocenters. The van der Waals surface area contributed by atoms with Gasteiger partial charge in [0.25, 0.3) is 0 Å². The SMILES string of the molecule is C=CCSCC(=O)N1CCN(c2cccc(C)c2)CC1. The molecule has 4 heteroatoms. The van der Waals surface area contributed by atoms with Crippen molar-refractivity contribution in [3.63, 3.8) is 0 Å². The minimum atomic E-state index is 0.251. The Morgan fingerprint density at radius 1 is 1.35 bits per heavy atom. The van der Waals surface area contributed by atoms with Crippen molar-refractivity contribution in [3.8, 4) is 0 Å². The van der Waals surface area contributed by atoms with Crippen LogP contribution in [0.4, 0.5) is 5.69 Å². The number of benzene rings is 1. The van der Waals surface area contributed by atoms with Gasteiger partial charge < -0.3 is 9.80 Å². The summed E-state index contributed by atoms with van der Waals surface area (Å²) in [7, 11) is 0. The molecule has 0 unspecified atom stereocenters. The molecule has 1 amide bonds. The standard InChI is InChI=1S/C16H22N2OS/c1-3-11-20-13-16(19)18-9-7-17(8-10-18)15-6-4-5-14(2)12-15/h3-6,12H,1,7-11,13H2,2H3. The first kappa shape index (κ1) is 15.0. The van der Waals surface area contributed by atoms with Crippen molar-refractivity contribution in [1.82, 2.24) is 4.90 Å². The number of aryl methyl sites for hydroxylation is 1. The normalized spacial score (nSPS) is 15.2. The zero-order valence-corrected chi connectivity index (χ0v) is 12.9. The van der Waals surface area contributed by atoms with Crippen LogP contribution in [0.25, 0.3) is 0 Å². The van der Waals surface area contributed by atoms with Crippen LogP contribution in [0.5, 0.6) is 0 Å². The number of nitrogens with zero attached hydrogens (tertiary/aromatic N) is 2. The molecule has 3 nitrogen and oxygen atoms in total. The zero-order chi connectivity index (χ0) is 14.4. The summed E-state index contributed by atoms with van der Waals surface area (Å²) in [6, 6.07) is 8.55. The third-order valence-electron chi connectivity index (χ3n) is 3.46. The van der Waals surface area contributed by atoms with Gasteiger partial charge in [-0.15, -0.1) is 18.3 Å². The van der Waals surface area contributed by atoms with Crippen molar-refractivity contribution in [3.05, 3.63) is 42.5 Å². The van der Waals surface area contributed by atoms with Crippen LogP contribution < -0.4 is 4.90 Å². The number of amides is 1. The lowest BCUT2D eigenvalue weighted by molar-refractivity contribution is -0.128. The number of piperazine rings is 1. The molecule has 20 heavy (non-hydrogen) atoms. The fourth-order valence-corrected chi connectivity index (χ4v) is 3.00. The Kier molecular flexibility index (Phi) is 5.53. The summed E-state index contributed by atoms with van der Waals surface area (Å²) in [6.07, 6.45) is 1.84. The lowest BCUT2D eigenvalue weighted by atomic mass is 10.2. The van der Waals surface area contributed by atoms with E-state index in [4.69, 9.17) is 0 Å². The lowest BCUT2D eigenvalue weighted by Crippen LogP contribution is -2.49. The summed E-state index contributed by atoms with van der Waals surface area (Å²) in [4.78, 5) is 16.4. The van der Waals surface area contributed by atoms with E-state index in [9.17, 15) is 4.79 Å². The smallest absolute Gasteiger partial charge is 0.232 e. The van der Waals surface area contributed by atoms with E-state index in [1.54, 1.807) is 11.8 Å². The van der Waals surface area contributed by atoms with Gasteiger partial charge in [-0.2, -0.15) is 0 Å². The summed E-state index contributed by atoms with van der Waals surface area (Å²) in [5.41, 5.74) is 2.54. The monoisotopic (exact) mass is 290 g/mol. The number of rotatable bonds is 5. The molecule has 0 aliphatic carbocycles.